The molecule has 1 saturated carbocycles. The molecule has 2 rings (SSSR count). The van der Waals surface area contributed by atoms with Crippen molar-refractivity contribution in [1.29, 1.82) is 0 Å². The van der Waals surface area contributed by atoms with Crippen molar-refractivity contribution in [1.82, 2.24) is 10.2 Å². The molecule has 1 aliphatic heterocycles. The Morgan fingerprint density at radius 1 is 1.22 bits per heavy atom. The first-order chi connectivity index (χ1) is 8.60. The van der Waals surface area contributed by atoms with Gasteiger partial charge in [0, 0.05) is 19.1 Å². The Labute approximate surface area is 109 Å². The van der Waals surface area contributed by atoms with Gasteiger partial charge in [-0.25, -0.2) is 0 Å². The van der Waals surface area contributed by atoms with Gasteiger partial charge in [0.1, 0.15) is 5.41 Å². The fourth-order valence-corrected chi connectivity index (χ4v) is 2.53. The predicted molar refractivity (Wildman–Crippen MR) is 70.0 cm³/mol. The first-order valence-electron chi connectivity index (χ1n) is 7.20. The fourth-order valence-electron chi connectivity index (χ4n) is 2.53. The van der Waals surface area contributed by atoms with Gasteiger partial charge < -0.3 is 10.2 Å². The molecule has 0 aromatic rings. The quantitative estimate of drug-likeness (QED) is 0.774. The van der Waals surface area contributed by atoms with Crippen LogP contribution in [0, 0.1) is 5.41 Å². The van der Waals surface area contributed by atoms with Crippen LogP contribution in [0.25, 0.3) is 0 Å². The molecule has 102 valence electrons. The number of likely N-dealkylation sites (tertiary alicyclic amines) is 1. The minimum atomic E-state index is -0.708. The lowest BCUT2D eigenvalue weighted by molar-refractivity contribution is -0.145. The van der Waals surface area contributed by atoms with Crippen LogP contribution in [0.1, 0.15) is 52.4 Å². The maximum Gasteiger partial charge on any atom is 0.238 e. The zero-order chi connectivity index (χ0) is 13.2. The van der Waals surface area contributed by atoms with Crippen LogP contribution < -0.4 is 5.32 Å². The summed E-state index contributed by atoms with van der Waals surface area (Å²) in [6.45, 7) is 5.69. The van der Waals surface area contributed by atoms with E-state index >= 15 is 0 Å². The molecule has 1 unspecified atom stereocenters. The third-order valence-electron chi connectivity index (χ3n) is 4.23. The van der Waals surface area contributed by atoms with Gasteiger partial charge in [-0.15, -0.1) is 0 Å². The molecule has 2 aliphatic rings. The smallest absolute Gasteiger partial charge is 0.238 e. The predicted octanol–water partition coefficient (Wildman–Crippen LogP) is 1.69. The molecule has 0 spiro atoms. The Bertz CT molecular complexity index is 331. The highest BCUT2D eigenvalue weighted by molar-refractivity contribution is 6.07. The van der Waals surface area contributed by atoms with E-state index in [0.29, 0.717) is 0 Å². The number of carbonyl (C=O) groups is 2. The average molecular weight is 252 g/mol. The highest BCUT2D eigenvalue weighted by Gasteiger charge is 2.58. The highest BCUT2D eigenvalue weighted by Crippen LogP contribution is 2.48. The molecule has 2 fully saturated rings. The highest BCUT2D eigenvalue weighted by atomic mass is 16.2. The third kappa shape index (κ3) is 2.52. The van der Waals surface area contributed by atoms with Crippen molar-refractivity contribution in [2.24, 2.45) is 5.41 Å². The average Bonchev–Trinajstić information content (AvgIpc) is 3.20. The summed E-state index contributed by atoms with van der Waals surface area (Å²) in [4.78, 5) is 26.6. The number of nitrogens with zero attached hydrogens (tertiary/aromatic N) is 1. The second-order valence-corrected chi connectivity index (χ2v) is 5.72. The molecule has 1 aliphatic carbocycles. The van der Waals surface area contributed by atoms with Crippen LogP contribution in [0.5, 0.6) is 0 Å². The standard InChI is InChI=1S/C14H24N2O2/c1-3-11(2)15-12(17)14(7-8-14)13(18)16-9-5-4-6-10-16/h11H,3-10H2,1-2H3,(H,15,17). The van der Waals surface area contributed by atoms with Crippen molar-refractivity contribution >= 4 is 11.8 Å². The van der Waals surface area contributed by atoms with Gasteiger partial charge in [0.05, 0.1) is 0 Å². The van der Waals surface area contributed by atoms with E-state index in [0.717, 1.165) is 45.2 Å². The summed E-state index contributed by atoms with van der Waals surface area (Å²) in [5.41, 5.74) is -0.708. The van der Waals surface area contributed by atoms with Gasteiger partial charge in [0.25, 0.3) is 0 Å². The maximum atomic E-state index is 12.5. The first-order valence-corrected chi connectivity index (χ1v) is 7.20. The molecule has 1 N–H and O–H groups in total. The Kier molecular flexibility index (Phi) is 3.93. The van der Waals surface area contributed by atoms with Gasteiger partial charge >= 0.3 is 0 Å². The van der Waals surface area contributed by atoms with E-state index in [-0.39, 0.29) is 17.9 Å². The molecule has 0 aromatic heterocycles. The topological polar surface area (TPSA) is 49.4 Å². The number of amides is 2. The first kappa shape index (κ1) is 13.4. The van der Waals surface area contributed by atoms with Crippen LogP contribution in [0.4, 0.5) is 0 Å². The van der Waals surface area contributed by atoms with Gasteiger partial charge in [-0.1, -0.05) is 6.92 Å². The summed E-state index contributed by atoms with van der Waals surface area (Å²) in [5.74, 6) is 0.0235. The Balaban J connectivity index is 1.97. The molecule has 4 nitrogen and oxygen atoms in total. The number of piperidine rings is 1. The van der Waals surface area contributed by atoms with E-state index in [1.165, 1.54) is 6.42 Å². The second-order valence-electron chi connectivity index (χ2n) is 5.72. The van der Waals surface area contributed by atoms with Crippen molar-refractivity contribution in [2.45, 2.75) is 58.4 Å². The number of hydrogen-bond donors (Lipinski definition) is 1. The van der Waals surface area contributed by atoms with Crippen LogP contribution >= 0.6 is 0 Å². The lowest BCUT2D eigenvalue weighted by atomic mass is 10.0. The normalized spacial score (nSPS) is 23.3. The molecule has 1 saturated heterocycles. The van der Waals surface area contributed by atoms with Crippen LogP contribution in [0.3, 0.4) is 0 Å². The van der Waals surface area contributed by atoms with Crippen molar-refractivity contribution in [3.8, 4) is 0 Å². The summed E-state index contributed by atoms with van der Waals surface area (Å²) in [6, 6.07) is 0.157. The number of nitrogens with one attached hydrogen (secondary N) is 1. The molecular formula is C14H24N2O2. The van der Waals surface area contributed by atoms with Crippen molar-refractivity contribution in [3.63, 3.8) is 0 Å². The Hall–Kier alpha value is -1.06. The van der Waals surface area contributed by atoms with Crippen LogP contribution in [-0.2, 0) is 9.59 Å². The summed E-state index contributed by atoms with van der Waals surface area (Å²) < 4.78 is 0. The van der Waals surface area contributed by atoms with Crippen molar-refractivity contribution in [2.75, 3.05) is 13.1 Å². The van der Waals surface area contributed by atoms with E-state index in [2.05, 4.69) is 5.32 Å². The molecule has 4 heteroatoms. The molecule has 0 radical (unpaired) electrons. The Morgan fingerprint density at radius 2 is 1.83 bits per heavy atom. The SMILES string of the molecule is CCC(C)NC(=O)C1(C(=O)N2CCCCC2)CC1. The van der Waals surface area contributed by atoms with Gasteiger partial charge in [-0.2, -0.15) is 0 Å². The largest absolute Gasteiger partial charge is 0.353 e. The van der Waals surface area contributed by atoms with E-state index in [4.69, 9.17) is 0 Å². The van der Waals surface area contributed by atoms with Crippen molar-refractivity contribution in [3.05, 3.63) is 0 Å². The molecule has 18 heavy (non-hydrogen) atoms. The molecule has 1 atom stereocenters. The van der Waals surface area contributed by atoms with Gasteiger partial charge in [0.2, 0.25) is 11.8 Å². The van der Waals surface area contributed by atoms with Crippen molar-refractivity contribution < 1.29 is 9.59 Å². The second kappa shape index (κ2) is 5.29. The number of rotatable bonds is 4. The fraction of sp³-hybridized carbons (Fsp3) is 0.857. The van der Waals surface area contributed by atoms with Crippen LogP contribution in [0.15, 0.2) is 0 Å². The van der Waals surface area contributed by atoms with Crippen LogP contribution in [-0.4, -0.2) is 35.8 Å². The monoisotopic (exact) mass is 252 g/mol. The molecule has 0 aromatic carbocycles. The minimum Gasteiger partial charge on any atom is -0.353 e. The number of carbonyl (C=O) groups excluding carboxylic acids is 2. The van der Waals surface area contributed by atoms with E-state index in [1.54, 1.807) is 0 Å². The maximum absolute atomic E-state index is 12.5. The van der Waals surface area contributed by atoms with Crippen LogP contribution in [0.2, 0.25) is 0 Å². The van der Waals surface area contributed by atoms with Gasteiger partial charge in [-0.3, -0.25) is 9.59 Å². The van der Waals surface area contributed by atoms with Gasteiger partial charge in [-0.05, 0) is 45.4 Å². The zero-order valence-corrected chi connectivity index (χ0v) is 11.5. The third-order valence-corrected chi connectivity index (χ3v) is 4.23. The van der Waals surface area contributed by atoms with Gasteiger partial charge in [0.15, 0.2) is 0 Å². The molecular weight excluding hydrogens is 228 g/mol. The molecule has 1 heterocycles. The summed E-state index contributed by atoms with van der Waals surface area (Å²) in [6.07, 6.45) is 5.72. The van der Waals surface area contributed by atoms with E-state index in [1.807, 2.05) is 18.7 Å². The zero-order valence-electron chi connectivity index (χ0n) is 11.5. The lowest BCUT2D eigenvalue weighted by Crippen LogP contribution is -2.48. The Morgan fingerprint density at radius 3 is 2.33 bits per heavy atom. The van der Waals surface area contributed by atoms with E-state index < -0.39 is 5.41 Å². The molecule has 2 amide bonds. The minimum absolute atomic E-state index is 0.0487. The molecule has 0 bridgehead atoms. The lowest BCUT2D eigenvalue weighted by Gasteiger charge is -2.30. The summed E-state index contributed by atoms with van der Waals surface area (Å²) in [5, 5.41) is 2.97. The van der Waals surface area contributed by atoms with E-state index in [9.17, 15) is 9.59 Å². The summed E-state index contributed by atoms with van der Waals surface area (Å²) in [7, 11) is 0. The summed E-state index contributed by atoms with van der Waals surface area (Å²) >= 11 is 0. The number of hydrogen-bond acceptors (Lipinski definition) is 2.